The first kappa shape index (κ1) is 16.6. The highest BCUT2D eigenvalue weighted by atomic mass is 16.5. The molecule has 1 unspecified atom stereocenters. The van der Waals surface area contributed by atoms with Crippen molar-refractivity contribution in [2.24, 2.45) is 0 Å². The predicted octanol–water partition coefficient (Wildman–Crippen LogP) is 4.03. The van der Waals surface area contributed by atoms with Gasteiger partial charge >= 0.3 is 0 Å². The molecular formula is C21H25NO2. The van der Waals surface area contributed by atoms with Gasteiger partial charge in [-0.15, -0.1) is 0 Å². The van der Waals surface area contributed by atoms with Gasteiger partial charge in [-0.1, -0.05) is 51.1 Å². The Balaban J connectivity index is 1.62. The van der Waals surface area contributed by atoms with Crippen LogP contribution < -0.4 is 10.1 Å². The van der Waals surface area contributed by atoms with Crippen molar-refractivity contribution >= 4 is 5.91 Å². The van der Waals surface area contributed by atoms with Gasteiger partial charge in [0.05, 0.1) is 6.54 Å². The van der Waals surface area contributed by atoms with Crippen LogP contribution in [-0.4, -0.2) is 18.6 Å². The highest BCUT2D eigenvalue weighted by molar-refractivity contribution is 5.95. The number of rotatable bonds is 3. The summed E-state index contributed by atoms with van der Waals surface area (Å²) in [5.41, 5.74) is 4.39. The molecular weight excluding hydrogens is 298 g/mol. The van der Waals surface area contributed by atoms with Gasteiger partial charge in [0.15, 0.2) is 0 Å². The Morgan fingerprint density at radius 1 is 1.21 bits per heavy atom. The van der Waals surface area contributed by atoms with Gasteiger partial charge in [0, 0.05) is 12.0 Å². The first-order valence-corrected chi connectivity index (χ1v) is 8.48. The molecule has 1 aliphatic heterocycles. The number of carbonyl (C=O) groups excluding carboxylic acids is 1. The lowest BCUT2D eigenvalue weighted by Gasteiger charge is -2.19. The molecule has 0 bridgehead atoms. The summed E-state index contributed by atoms with van der Waals surface area (Å²) >= 11 is 0. The zero-order chi connectivity index (χ0) is 17.3. The minimum atomic E-state index is -0.0389. The SMILES string of the molecule is Cc1ccccc1C(=O)NCC1Cc2cc(C(C)(C)C)ccc2O1. The van der Waals surface area contributed by atoms with Gasteiger partial charge in [-0.2, -0.15) is 0 Å². The minimum Gasteiger partial charge on any atom is -0.488 e. The summed E-state index contributed by atoms with van der Waals surface area (Å²) < 4.78 is 5.98. The summed E-state index contributed by atoms with van der Waals surface area (Å²) in [7, 11) is 0. The zero-order valence-electron chi connectivity index (χ0n) is 14.8. The average Bonchev–Trinajstić information content (AvgIpc) is 2.94. The van der Waals surface area contributed by atoms with Crippen molar-refractivity contribution < 1.29 is 9.53 Å². The maximum absolute atomic E-state index is 12.3. The van der Waals surface area contributed by atoms with Crippen molar-refractivity contribution in [1.29, 1.82) is 0 Å². The van der Waals surface area contributed by atoms with Crippen LogP contribution in [-0.2, 0) is 11.8 Å². The van der Waals surface area contributed by atoms with Crippen LogP contribution in [0.3, 0.4) is 0 Å². The van der Waals surface area contributed by atoms with Gasteiger partial charge in [0.1, 0.15) is 11.9 Å². The van der Waals surface area contributed by atoms with E-state index in [-0.39, 0.29) is 17.4 Å². The molecule has 2 aromatic carbocycles. The minimum absolute atomic E-state index is 0.00295. The van der Waals surface area contributed by atoms with E-state index in [0.717, 1.165) is 23.3 Å². The summed E-state index contributed by atoms with van der Waals surface area (Å²) in [6, 6.07) is 14.0. The number of hydrogen-bond acceptors (Lipinski definition) is 2. The Hall–Kier alpha value is -2.29. The van der Waals surface area contributed by atoms with Crippen LogP contribution in [0.15, 0.2) is 42.5 Å². The Morgan fingerprint density at radius 3 is 2.67 bits per heavy atom. The molecule has 0 spiro atoms. The largest absolute Gasteiger partial charge is 0.488 e. The maximum Gasteiger partial charge on any atom is 0.251 e. The molecule has 0 aliphatic carbocycles. The monoisotopic (exact) mass is 323 g/mol. The lowest BCUT2D eigenvalue weighted by atomic mass is 9.86. The Labute approximate surface area is 144 Å². The van der Waals surface area contributed by atoms with Gasteiger partial charge in [0.25, 0.3) is 5.91 Å². The van der Waals surface area contributed by atoms with E-state index in [9.17, 15) is 4.79 Å². The fraction of sp³-hybridized carbons (Fsp3) is 0.381. The molecule has 1 heterocycles. The lowest BCUT2D eigenvalue weighted by Crippen LogP contribution is -2.34. The first-order valence-electron chi connectivity index (χ1n) is 8.48. The Bertz CT molecular complexity index is 759. The summed E-state index contributed by atoms with van der Waals surface area (Å²) in [6.07, 6.45) is 0.844. The predicted molar refractivity (Wildman–Crippen MR) is 96.8 cm³/mol. The number of aryl methyl sites for hydroxylation is 1. The number of fused-ring (bicyclic) bond motifs is 1. The third-order valence-corrected chi connectivity index (χ3v) is 4.55. The van der Waals surface area contributed by atoms with Gasteiger partial charge in [-0.05, 0) is 41.2 Å². The summed E-state index contributed by atoms with van der Waals surface area (Å²) in [4.78, 5) is 12.3. The van der Waals surface area contributed by atoms with E-state index in [1.54, 1.807) is 0 Å². The van der Waals surface area contributed by atoms with Crippen LogP contribution in [0.1, 0.15) is 47.8 Å². The van der Waals surface area contributed by atoms with E-state index in [1.807, 2.05) is 31.2 Å². The number of hydrogen-bond donors (Lipinski definition) is 1. The molecule has 1 aliphatic rings. The van der Waals surface area contributed by atoms with Crippen LogP contribution in [0.2, 0.25) is 0 Å². The van der Waals surface area contributed by atoms with Crippen LogP contribution in [0.5, 0.6) is 5.75 Å². The normalized spacial score (nSPS) is 16.4. The lowest BCUT2D eigenvalue weighted by molar-refractivity contribution is 0.0933. The molecule has 0 saturated heterocycles. The quantitative estimate of drug-likeness (QED) is 0.926. The van der Waals surface area contributed by atoms with Crippen molar-refractivity contribution in [1.82, 2.24) is 5.32 Å². The molecule has 0 radical (unpaired) electrons. The van der Waals surface area contributed by atoms with Crippen molar-refractivity contribution in [2.45, 2.75) is 45.6 Å². The molecule has 1 atom stereocenters. The molecule has 1 amide bonds. The fourth-order valence-electron chi connectivity index (χ4n) is 3.03. The first-order chi connectivity index (χ1) is 11.3. The van der Waals surface area contributed by atoms with Crippen LogP contribution >= 0.6 is 0 Å². The third-order valence-electron chi connectivity index (χ3n) is 4.55. The molecule has 126 valence electrons. The van der Waals surface area contributed by atoms with Crippen molar-refractivity contribution in [3.05, 3.63) is 64.7 Å². The number of nitrogens with one attached hydrogen (secondary N) is 1. The molecule has 0 fully saturated rings. The zero-order valence-corrected chi connectivity index (χ0v) is 14.8. The van der Waals surface area contributed by atoms with Crippen LogP contribution in [0.4, 0.5) is 0 Å². The van der Waals surface area contributed by atoms with E-state index < -0.39 is 0 Å². The van der Waals surface area contributed by atoms with Gasteiger partial charge in [0.2, 0.25) is 0 Å². The molecule has 3 heteroatoms. The van der Waals surface area contributed by atoms with Crippen molar-refractivity contribution in [3.63, 3.8) is 0 Å². The second-order valence-electron chi connectivity index (χ2n) is 7.54. The van der Waals surface area contributed by atoms with Crippen molar-refractivity contribution in [2.75, 3.05) is 6.54 Å². The molecule has 3 rings (SSSR count). The molecule has 2 aromatic rings. The van der Waals surface area contributed by atoms with Crippen LogP contribution in [0, 0.1) is 6.92 Å². The summed E-state index contributed by atoms with van der Waals surface area (Å²) in [5.74, 6) is 0.904. The van der Waals surface area contributed by atoms with Crippen LogP contribution in [0.25, 0.3) is 0 Å². The second kappa shape index (κ2) is 6.31. The summed E-state index contributed by atoms with van der Waals surface area (Å²) in [5, 5.41) is 3.00. The number of amides is 1. The smallest absolute Gasteiger partial charge is 0.251 e. The topological polar surface area (TPSA) is 38.3 Å². The van der Waals surface area contributed by atoms with E-state index >= 15 is 0 Å². The number of benzene rings is 2. The summed E-state index contributed by atoms with van der Waals surface area (Å²) in [6.45, 7) is 9.11. The standard InChI is InChI=1S/C21H25NO2/c1-14-7-5-6-8-18(14)20(23)22-13-17-12-15-11-16(21(2,3)4)9-10-19(15)24-17/h5-11,17H,12-13H2,1-4H3,(H,22,23). The molecule has 0 saturated carbocycles. The fourth-order valence-corrected chi connectivity index (χ4v) is 3.03. The molecule has 0 aromatic heterocycles. The Kier molecular flexibility index (Phi) is 4.35. The highest BCUT2D eigenvalue weighted by Crippen LogP contribution is 2.33. The van der Waals surface area contributed by atoms with Crippen molar-refractivity contribution in [3.8, 4) is 5.75 Å². The van der Waals surface area contributed by atoms with E-state index in [4.69, 9.17) is 4.74 Å². The van der Waals surface area contributed by atoms with E-state index in [1.165, 1.54) is 11.1 Å². The van der Waals surface area contributed by atoms with Gasteiger partial charge in [-0.25, -0.2) is 0 Å². The number of carbonyl (C=O) groups is 1. The second-order valence-corrected chi connectivity index (χ2v) is 7.54. The van der Waals surface area contributed by atoms with E-state index in [0.29, 0.717) is 6.54 Å². The van der Waals surface area contributed by atoms with Gasteiger partial charge < -0.3 is 10.1 Å². The number of ether oxygens (including phenoxy) is 1. The van der Waals surface area contributed by atoms with E-state index in [2.05, 4.69) is 44.3 Å². The average molecular weight is 323 g/mol. The molecule has 1 N–H and O–H groups in total. The van der Waals surface area contributed by atoms with Gasteiger partial charge in [-0.3, -0.25) is 4.79 Å². The Morgan fingerprint density at radius 2 is 1.96 bits per heavy atom. The molecule has 3 nitrogen and oxygen atoms in total. The third kappa shape index (κ3) is 3.45. The maximum atomic E-state index is 12.3. The molecule has 24 heavy (non-hydrogen) atoms. The highest BCUT2D eigenvalue weighted by Gasteiger charge is 2.25.